The summed E-state index contributed by atoms with van der Waals surface area (Å²) in [5.74, 6) is 1.41. The minimum absolute atomic E-state index is 0.292. The Morgan fingerprint density at radius 3 is 2.78 bits per heavy atom. The number of rotatable bonds is 1. The molecule has 0 saturated carbocycles. The van der Waals surface area contributed by atoms with Gasteiger partial charge in [0.1, 0.15) is 11.2 Å². The number of pyridine rings is 1. The lowest BCUT2D eigenvalue weighted by Crippen LogP contribution is -2.51. The van der Waals surface area contributed by atoms with Crippen molar-refractivity contribution in [3.05, 3.63) is 23.0 Å². The Hall–Kier alpha value is -1.31. The molecule has 94 valence electrons. The van der Waals surface area contributed by atoms with Crippen LogP contribution in [0.3, 0.4) is 0 Å². The van der Waals surface area contributed by atoms with Crippen LogP contribution in [-0.4, -0.2) is 31.2 Å². The quantitative estimate of drug-likeness (QED) is 0.782. The monoisotopic (exact) mass is 262 g/mol. The molecule has 2 unspecified atom stereocenters. The second-order valence-electron chi connectivity index (χ2n) is 5.17. The molecule has 2 fully saturated rings. The molecule has 0 aliphatic carbocycles. The van der Waals surface area contributed by atoms with E-state index in [0.717, 1.165) is 31.9 Å². The van der Waals surface area contributed by atoms with Gasteiger partial charge >= 0.3 is 0 Å². The van der Waals surface area contributed by atoms with Crippen LogP contribution in [0.5, 0.6) is 0 Å². The zero-order chi connectivity index (χ0) is 12.5. The fourth-order valence-electron chi connectivity index (χ4n) is 3.00. The zero-order valence-corrected chi connectivity index (χ0v) is 10.8. The van der Waals surface area contributed by atoms with Crippen LogP contribution in [0.15, 0.2) is 12.3 Å². The lowest BCUT2D eigenvalue weighted by Gasteiger charge is -2.42. The summed E-state index contributed by atoms with van der Waals surface area (Å²) in [5.41, 5.74) is 1.48. The second kappa shape index (κ2) is 4.75. The molecule has 2 aliphatic rings. The maximum Gasteiger partial charge on any atom is 0.146 e. The number of piperidine rings is 2. The number of nitriles is 1. The SMILES string of the molecule is N#Cc1cc(N2CC3CNCC(C3)C2)cnc1Cl. The van der Waals surface area contributed by atoms with E-state index in [0.29, 0.717) is 22.6 Å². The summed E-state index contributed by atoms with van der Waals surface area (Å²) >= 11 is 5.87. The van der Waals surface area contributed by atoms with Crippen LogP contribution in [0.1, 0.15) is 12.0 Å². The average molecular weight is 263 g/mol. The summed E-state index contributed by atoms with van der Waals surface area (Å²) in [7, 11) is 0. The molecule has 1 N–H and O–H groups in total. The average Bonchev–Trinajstić information content (AvgIpc) is 2.39. The molecule has 0 aromatic carbocycles. The van der Waals surface area contributed by atoms with Crippen molar-refractivity contribution in [1.82, 2.24) is 10.3 Å². The van der Waals surface area contributed by atoms with Gasteiger partial charge in [0.25, 0.3) is 0 Å². The summed E-state index contributed by atoms with van der Waals surface area (Å²) in [6.07, 6.45) is 3.09. The van der Waals surface area contributed by atoms with Crippen molar-refractivity contribution in [2.45, 2.75) is 6.42 Å². The van der Waals surface area contributed by atoms with Gasteiger partial charge in [-0.05, 0) is 37.4 Å². The molecule has 0 amide bonds. The molecule has 18 heavy (non-hydrogen) atoms. The fraction of sp³-hybridized carbons (Fsp3) is 0.538. The number of aromatic nitrogens is 1. The number of nitrogens with zero attached hydrogens (tertiary/aromatic N) is 3. The van der Waals surface area contributed by atoms with Gasteiger partial charge in [0.2, 0.25) is 0 Å². The number of hydrogen-bond acceptors (Lipinski definition) is 4. The van der Waals surface area contributed by atoms with Crippen molar-refractivity contribution in [3.63, 3.8) is 0 Å². The molecule has 0 spiro atoms. The highest BCUT2D eigenvalue weighted by atomic mass is 35.5. The highest BCUT2D eigenvalue weighted by molar-refractivity contribution is 6.30. The van der Waals surface area contributed by atoms with Gasteiger partial charge in [-0.1, -0.05) is 11.6 Å². The van der Waals surface area contributed by atoms with Crippen molar-refractivity contribution in [2.75, 3.05) is 31.1 Å². The third-order valence-corrected chi connectivity index (χ3v) is 4.10. The van der Waals surface area contributed by atoms with E-state index >= 15 is 0 Å². The Morgan fingerprint density at radius 1 is 1.39 bits per heavy atom. The second-order valence-corrected chi connectivity index (χ2v) is 5.53. The first-order valence-electron chi connectivity index (χ1n) is 6.27. The van der Waals surface area contributed by atoms with Crippen LogP contribution >= 0.6 is 11.6 Å². The number of halogens is 1. The topological polar surface area (TPSA) is 52.0 Å². The van der Waals surface area contributed by atoms with E-state index in [2.05, 4.69) is 21.3 Å². The van der Waals surface area contributed by atoms with Crippen LogP contribution in [0, 0.1) is 23.2 Å². The van der Waals surface area contributed by atoms with Crippen molar-refractivity contribution in [3.8, 4) is 6.07 Å². The molecule has 3 rings (SSSR count). The first-order valence-corrected chi connectivity index (χ1v) is 6.65. The number of nitrogens with one attached hydrogen (secondary N) is 1. The molecule has 2 atom stereocenters. The van der Waals surface area contributed by atoms with E-state index in [1.54, 1.807) is 6.20 Å². The number of hydrogen-bond donors (Lipinski definition) is 1. The maximum atomic E-state index is 9.00. The Balaban J connectivity index is 1.84. The van der Waals surface area contributed by atoms with Crippen LogP contribution in [-0.2, 0) is 0 Å². The van der Waals surface area contributed by atoms with Crippen LogP contribution < -0.4 is 10.2 Å². The lowest BCUT2D eigenvalue weighted by atomic mass is 9.85. The number of fused-ring (bicyclic) bond motifs is 2. The van der Waals surface area contributed by atoms with E-state index < -0.39 is 0 Å². The van der Waals surface area contributed by atoms with Crippen molar-refractivity contribution >= 4 is 17.3 Å². The third kappa shape index (κ3) is 2.16. The largest absolute Gasteiger partial charge is 0.370 e. The molecule has 4 nitrogen and oxygen atoms in total. The minimum Gasteiger partial charge on any atom is -0.370 e. The normalized spacial score (nSPS) is 26.8. The summed E-state index contributed by atoms with van der Waals surface area (Å²) in [6.45, 7) is 4.27. The summed E-state index contributed by atoms with van der Waals surface area (Å²) in [4.78, 5) is 6.44. The van der Waals surface area contributed by atoms with Crippen LogP contribution in [0.2, 0.25) is 5.15 Å². The van der Waals surface area contributed by atoms with Gasteiger partial charge in [-0.15, -0.1) is 0 Å². The smallest absolute Gasteiger partial charge is 0.146 e. The Kier molecular flexibility index (Phi) is 3.11. The molecular weight excluding hydrogens is 248 g/mol. The van der Waals surface area contributed by atoms with Gasteiger partial charge in [-0.25, -0.2) is 4.98 Å². The standard InChI is InChI=1S/C13H15ClN4/c14-13-11(3-15)2-12(6-17-13)18-7-9-1-10(8-18)5-16-4-9/h2,6,9-10,16H,1,4-5,7-8H2. The van der Waals surface area contributed by atoms with Crippen molar-refractivity contribution in [2.24, 2.45) is 11.8 Å². The molecule has 1 aromatic heterocycles. The van der Waals surface area contributed by atoms with Crippen LogP contribution in [0.4, 0.5) is 5.69 Å². The minimum atomic E-state index is 0.292. The van der Waals surface area contributed by atoms with E-state index in [-0.39, 0.29) is 0 Å². The fourth-order valence-corrected chi connectivity index (χ4v) is 3.15. The van der Waals surface area contributed by atoms with E-state index in [1.807, 2.05) is 6.07 Å². The van der Waals surface area contributed by atoms with Crippen molar-refractivity contribution < 1.29 is 0 Å². The molecule has 2 aliphatic heterocycles. The Bertz CT molecular complexity index is 484. The highest BCUT2D eigenvalue weighted by Crippen LogP contribution is 2.29. The van der Waals surface area contributed by atoms with Gasteiger partial charge in [-0.3, -0.25) is 0 Å². The number of anilines is 1. The lowest BCUT2D eigenvalue weighted by molar-refractivity contribution is 0.249. The van der Waals surface area contributed by atoms with Gasteiger partial charge < -0.3 is 10.2 Å². The summed E-state index contributed by atoms with van der Waals surface area (Å²) < 4.78 is 0. The predicted molar refractivity (Wildman–Crippen MR) is 70.6 cm³/mol. The van der Waals surface area contributed by atoms with Crippen molar-refractivity contribution in [1.29, 1.82) is 5.26 Å². The Morgan fingerprint density at radius 2 is 2.11 bits per heavy atom. The maximum absolute atomic E-state index is 9.00. The first kappa shape index (κ1) is 11.8. The van der Waals surface area contributed by atoms with Gasteiger partial charge in [0.05, 0.1) is 17.4 Å². The zero-order valence-electron chi connectivity index (χ0n) is 10.1. The predicted octanol–water partition coefficient (Wildman–Crippen LogP) is 1.65. The van der Waals surface area contributed by atoms with E-state index in [4.69, 9.17) is 16.9 Å². The van der Waals surface area contributed by atoms with E-state index in [1.165, 1.54) is 6.42 Å². The highest BCUT2D eigenvalue weighted by Gasteiger charge is 2.30. The Labute approximate surface area is 112 Å². The molecule has 5 heteroatoms. The summed E-state index contributed by atoms with van der Waals surface area (Å²) in [6, 6.07) is 3.94. The third-order valence-electron chi connectivity index (χ3n) is 3.80. The molecule has 2 saturated heterocycles. The molecular formula is C13H15ClN4. The molecule has 2 bridgehead atoms. The molecule has 0 radical (unpaired) electrons. The van der Waals surface area contributed by atoms with Gasteiger partial charge in [0.15, 0.2) is 0 Å². The van der Waals surface area contributed by atoms with Gasteiger partial charge in [-0.2, -0.15) is 5.26 Å². The van der Waals surface area contributed by atoms with E-state index in [9.17, 15) is 0 Å². The first-order chi connectivity index (χ1) is 8.76. The summed E-state index contributed by atoms with van der Waals surface area (Å²) in [5, 5.41) is 12.8. The van der Waals surface area contributed by atoms with Gasteiger partial charge in [0, 0.05) is 13.1 Å². The molecule has 3 heterocycles. The van der Waals surface area contributed by atoms with Crippen LogP contribution in [0.25, 0.3) is 0 Å². The molecule has 1 aromatic rings.